The Bertz CT molecular complexity index is 676. The molecule has 0 aromatic heterocycles. The summed E-state index contributed by atoms with van der Waals surface area (Å²) in [6, 6.07) is 11.2. The number of para-hydroxylation sites is 1. The summed E-state index contributed by atoms with van der Waals surface area (Å²) in [6.45, 7) is 6.59. The molecular weight excluding hydrogens is 310 g/mol. The fraction of sp³-hybridized carbons (Fsp3) is 0.316. The van der Waals surface area contributed by atoms with Crippen LogP contribution in [-0.2, 0) is 12.8 Å². The molecule has 3 nitrogen and oxygen atoms in total. The van der Waals surface area contributed by atoms with Gasteiger partial charge in [0.15, 0.2) is 0 Å². The highest BCUT2D eigenvalue weighted by molar-refractivity contribution is 6.32. The first-order valence-corrected chi connectivity index (χ1v) is 8.32. The number of nitrogens with one attached hydrogen (secondary N) is 1. The van der Waals surface area contributed by atoms with Gasteiger partial charge in [-0.1, -0.05) is 43.6 Å². The van der Waals surface area contributed by atoms with E-state index in [2.05, 4.69) is 19.2 Å². The maximum Gasteiger partial charge on any atom is 0.255 e. The minimum atomic E-state index is -0.162. The SMILES string of the molecule is CCOc1ccc(C(=O)Nc2c(CC)cccc2CC)cc1Cl. The maximum absolute atomic E-state index is 12.6. The van der Waals surface area contributed by atoms with Crippen molar-refractivity contribution in [2.45, 2.75) is 33.6 Å². The Morgan fingerprint density at radius 2 is 1.74 bits per heavy atom. The van der Waals surface area contributed by atoms with Crippen molar-refractivity contribution < 1.29 is 9.53 Å². The summed E-state index contributed by atoms with van der Waals surface area (Å²) in [5.74, 6) is 0.430. The van der Waals surface area contributed by atoms with Gasteiger partial charge in [0, 0.05) is 11.3 Å². The minimum Gasteiger partial charge on any atom is -0.492 e. The molecule has 0 radical (unpaired) electrons. The van der Waals surface area contributed by atoms with Crippen LogP contribution in [0.1, 0.15) is 42.3 Å². The number of carbonyl (C=O) groups is 1. The van der Waals surface area contributed by atoms with Crippen LogP contribution in [0.3, 0.4) is 0 Å². The Balaban J connectivity index is 2.27. The molecule has 122 valence electrons. The largest absolute Gasteiger partial charge is 0.492 e. The van der Waals surface area contributed by atoms with Gasteiger partial charge in [0.05, 0.1) is 11.6 Å². The third kappa shape index (κ3) is 4.05. The second kappa shape index (κ2) is 8.02. The van der Waals surface area contributed by atoms with E-state index in [4.69, 9.17) is 16.3 Å². The number of hydrogen-bond donors (Lipinski definition) is 1. The highest BCUT2D eigenvalue weighted by Gasteiger charge is 2.13. The Morgan fingerprint density at radius 1 is 1.09 bits per heavy atom. The lowest BCUT2D eigenvalue weighted by molar-refractivity contribution is 0.102. The Kier molecular flexibility index (Phi) is 6.05. The Labute approximate surface area is 142 Å². The molecule has 2 aromatic rings. The van der Waals surface area contributed by atoms with Crippen LogP contribution in [0.15, 0.2) is 36.4 Å². The molecule has 0 aliphatic rings. The number of halogens is 1. The minimum absolute atomic E-state index is 0.162. The van der Waals surface area contributed by atoms with E-state index in [1.807, 2.05) is 25.1 Å². The van der Waals surface area contributed by atoms with Crippen LogP contribution in [0, 0.1) is 0 Å². The smallest absolute Gasteiger partial charge is 0.255 e. The first-order chi connectivity index (χ1) is 11.1. The molecule has 0 heterocycles. The van der Waals surface area contributed by atoms with Gasteiger partial charge in [-0.2, -0.15) is 0 Å². The van der Waals surface area contributed by atoms with Crippen molar-refractivity contribution >= 4 is 23.2 Å². The summed E-state index contributed by atoms with van der Waals surface area (Å²) in [7, 11) is 0. The molecular formula is C19H22ClNO2. The molecule has 1 amide bonds. The average molecular weight is 332 g/mol. The molecule has 0 spiro atoms. The third-order valence-corrected chi connectivity index (χ3v) is 4.03. The fourth-order valence-corrected chi connectivity index (χ4v) is 2.74. The number of aryl methyl sites for hydroxylation is 2. The summed E-state index contributed by atoms with van der Waals surface area (Å²) in [6.07, 6.45) is 1.74. The molecule has 2 rings (SSSR count). The van der Waals surface area contributed by atoms with Gasteiger partial charge in [-0.3, -0.25) is 4.79 Å². The van der Waals surface area contributed by atoms with E-state index in [0.717, 1.165) is 29.7 Å². The summed E-state index contributed by atoms with van der Waals surface area (Å²) in [4.78, 5) is 12.6. The number of ether oxygens (including phenoxy) is 1. The highest BCUT2D eigenvalue weighted by atomic mass is 35.5. The molecule has 1 N–H and O–H groups in total. The number of hydrogen-bond acceptors (Lipinski definition) is 2. The molecule has 0 atom stereocenters. The number of anilines is 1. The molecule has 0 unspecified atom stereocenters. The standard InChI is InChI=1S/C19H22ClNO2/c1-4-13-8-7-9-14(5-2)18(13)21-19(22)15-10-11-17(23-6-3)16(20)12-15/h7-12H,4-6H2,1-3H3,(H,21,22). The normalized spacial score (nSPS) is 10.4. The van der Waals surface area contributed by atoms with E-state index in [-0.39, 0.29) is 5.91 Å². The molecule has 2 aromatic carbocycles. The van der Waals surface area contributed by atoms with Gasteiger partial charge < -0.3 is 10.1 Å². The number of rotatable bonds is 6. The summed E-state index contributed by atoms with van der Waals surface area (Å²) in [5.41, 5.74) is 3.70. The number of carbonyl (C=O) groups excluding carboxylic acids is 1. The van der Waals surface area contributed by atoms with Crippen LogP contribution < -0.4 is 10.1 Å². The lowest BCUT2D eigenvalue weighted by Gasteiger charge is -2.15. The zero-order valence-electron chi connectivity index (χ0n) is 13.8. The van der Waals surface area contributed by atoms with E-state index >= 15 is 0 Å². The summed E-state index contributed by atoms with van der Waals surface area (Å²) in [5, 5.41) is 3.48. The van der Waals surface area contributed by atoms with Gasteiger partial charge in [0.2, 0.25) is 0 Å². The van der Waals surface area contributed by atoms with Crippen LogP contribution in [0.25, 0.3) is 0 Å². The van der Waals surface area contributed by atoms with Gasteiger partial charge in [-0.05, 0) is 49.1 Å². The van der Waals surface area contributed by atoms with Gasteiger partial charge in [-0.15, -0.1) is 0 Å². The quantitative estimate of drug-likeness (QED) is 0.798. The first-order valence-electron chi connectivity index (χ1n) is 7.95. The lowest BCUT2D eigenvalue weighted by atomic mass is 10.0. The molecule has 23 heavy (non-hydrogen) atoms. The molecule has 0 aliphatic heterocycles. The van der Waals surface area contributed by atoms with Crippen molar-refractivity contribution in [2.24, 2.45) is 0 Å². The second-order valence-electron chi connectivity index (χ2n) is 5.19. The molecule has 4 heteroatoms. The van der Waals surface area contributed by atoms with Crippen molar-refractivity contribution in [3.63, 3.8) is 0 Å². The summed E-state index contributed by atoms with van der Waals surface area (Å²) >= 11 is 6.17. The zero-order chi connectivity index (χ0) is 16.8. The predicted molar refractivity (Wildman–Crippen MR) is 95.8 cm³/mol. The molecule has 0 saturated heterocycles. The topological polar surface area (TPSA) is 38.3 Å². The van der Waals surface area contributed by atoms with Crippen LogP contribution in [0.5, 0.6) is 5.75 Å². The van der Waals surface area contributed by atoms with E-state index in [9.17, 15) is 4.79 Å². The lowest BCUT2D eigenvalue weighted by Crippen LogP contribution is -2.15. The van der Waals surface area contributed by atoms with Crippen molar-refractivity contribution in [1.29, 1.82) is 0 Å². The van der Waals surface area contributed by atoms with E-state index in [1.54, 1.807) is 18.2 Å². The molecule has 0 saturated carbocycles. The van der Waals surface area contributed by atoms with Crippen LogP contribution in [0.4, 0.5) is 5.69 Å². The fourth-order valence-electron chi connectivity index (χ4n) is 2.50. The van der Waals surface area contributed by atoms with Gasteiger partial charge in [-0.25, -0.2) is 0 Å². The van der Waals surface area contributed by atoms with E-state index in [1.165, 1.54) is 0 Å². The number of benzene rings is 2. The van der Waals surface area contributed by atoms with Crippen LogP contribution >= 0.6 is 11.6 Å². The Morgan fingerprint density at radius 3 is 2.26 bits per heavy atom. The predicted octanol–water partition coefficient (Wildman–Crippen LogP) is 5.12. The molecule has 0 bridgehead atoms. The highest BCUT2D eigenvalue weighted by Crippen LogP contribution is 2.27. The molecule has 0 aliphatic carbocycles. The van der Waals surface area contributed by atoms with Crippen molar-refractivity contribution in [2.75, 3.05) is 11.9 Å². The molecule has 0 fully saturated rings. The maximum atomic E-state index is 12.6. The number of amides is 1. The zero-order valence-corrected chi connectivity index (χ0v) is 14.5. The van der Waals surface area contributed by atoms with Crippen molar-refractivity contribution in [3.05, 3.63) is 58.1 Å². The van der Waals surface area contributed by atoms with E-state index < -0.39 is 0 Å². The van der Waals surface area contributed by atoms with Crippen molar-refractivity contribution in [1.82, 2.24) is 0 Å². The second-order valence-corrected chi connectivity index (χ2v) is 5.60. The van der Waals surface area contributed by atoms with Gasteiger partial charge >= 0.3 is 0 Å². The monoisotopic (exact) mass is 331 g/mol. The van der Waals surface area contributed by atoms with Gasteiger partial charge in [0.25, 0.3) is 5.91 Å². The third-order valence-electron chi connectivity index (χ3n) is 3.73. The first kappa shape index (κ1) is 17.4. The van der Waals surface area contributed by atoms with Crippen LogP contribution in [0.2, 0.25) is 5.02 Å². The van der Waals surface area contributed by atoms with Crippen molar-refractivity contribution in [3.8, 4) is 5.75 Å². The summed E-state index contributed by atoms with van der Waals surface area (Å²) < 4.78 is 5.40. The van der Waals surface area contributed by atoms with Gasteiger partial charge in [0.1, 0.15) is 5.75 Å². The van der Waals surface area contributed by atoms with E-state index in [0.29, 0.717) is 22.9 Å². The average Bonchev–Trinajstić information content (AvgIpc) is 2.56. The Hall–Kier alpha value is -2.00. The van der Waals surface area contributed by atoms with Crippen LogP contribution in [-0.4, -0.2) is 12.5 Å².